The highest BCUT2D eigenvalue weighted by atomic mass is 35.5. The number of anilines is 1. The van der Waals surface area contributed by atoms with Crippen molar-refractivity contribution in [1.82, 2.24) is 4.37 Å². The largest absolute Gasteiger partial charge is 0.478 e. The number of carboxylic acids is 1. The second-order valence-electron chi connectivity index (χ2n) is 4.25. The third-order valence-corrected chi connectivity index (χ3v) is 4.16. The first-order chi connectivity index (χ1) is 9.82. The van der Waals surface area contributed by atoms with Crippen LogP contribution < -0.4 is 4.90 Å². The Hall–Kier alpha value is -1.99. The topological polar surface area (TPSA) is 70.5 Å². The second kappa shape index (κ2) is 5.79. The fourth-order valence-electron chi connectivity index (χ4n) is 1.75. The third-order valence-electron chi connectivity index (χ3n) is 2.83. The number of nitrogens with zero attached hydrogens (tertiary/aromatic N) is 2. The van der Waals surface area contributed by atoms with Gasteiger partial charge in [0.1, 0.15) is 16.4 Å². The lowest BCUT2D eigenvalue weighted by Gasteiger charge is -2.16. The molecule has 0 fully saturated rings. The number of amides is 1. The highest BCUT2D eigenvalue weighted by Crippen LogP contribution is 2.29. The van der Waals surface area contributed by atoms with E-state index >= 15 is 0 Å². The van der Waals surface area contributed by atoms with Crippen molar-refractivity contribution < 1.29 is 19.1 Å². The summed E-state index contributed by atoms with van der Waals surface area (Å²) in [4.78, 5) is 24.6. The van der Waals surface area contributed by atoms with Gasteiger partial charge >= 0.3 is 5.97 Å². The predicted octanol–water partition coefficient (Wildman–Crippen LogP) is 3.22. The number of carbonyl (C=O) groups is 2. The Bertz CT molecular complexity index is 732. The van der Waals surface area contributed by atoms with Crippen LogP contribution in [-0.2, 0) is 0 Å². The molecule has 5 nitrogen and oxygen atoms in total. The molecule has 8 heteroatoms. The molecule has 0 saturated heterocycles. The summed E-state index contributed by atoms with van der Waals surface area (Å²) in [6.07, 6.45) is 0. The number of aryl methyl sites for hydroxylation is 1. The van der Waals surface area contributed by atoms with Gasteiger partial charge in [-0.2, -0.15) is 4.37 Å². The molecule has 1 aromatic heterocycles. The minimum atomic E-state index is -1.17. The molecule has 110 valence electrons. The zero-order valence-electron chi connectivity index (χ0n) is 11.1. The van der Waals surface area contributed by atoms with Crippen LogP contribution >= 0.6 is 23.1 Å². The van der Waals surface area contributed by atoms with Crippen LogP contribution in [0.3, 0.4) is 0 Å². The number of carbonyl (C=O) groups excluding carboxylic acids is 1. The van der Waals surface area contributed by atoms with E-state index in [-0.39, 0.29) is 21.2 Å². The van der Waals surface area contributed by atoms with Crippen LogP contribution in [0.2, 0.25) is 5.02 Å². The van der Waals surface area contributed by atoms with Crippen LogP contribution in [-0.4, -0.2) is 28.4 Å². The van der Waals surface area contributed by atoms with E-state index in [0.717, 1.165) is 22.5 Å². The van der Waals surface area contributed by atoms with Gasteiger partial charge in [0.2, 0.25) is 0 Å². The monoisotopic (exact) mass is 328 g/mol. The molecule has 1 amide bonds. The Morgan fingerprint density at radius 2 is 2.10 bits per heavy atom. The second-order valence-corrected chi connectivity index (χ2v) is 5.41. The van der Waals surface area contributed by atoms with Crippen molar-refractivity contribution in [3.63, 3.8) is 0 Å². The van der Waals surface area contributed by atoms with Gasteiger partial charge in [0, 0.05) is 12.6 Å². The first kappa shape index (κ1) is 15.4. The molecule has 0 spiro atoms. The smallest absolute Gasteiger partial charge is 0.340 e. The third kappa shape index (κ3) is 2.88. The van der Waals surface area contributed by atoms with E-state index in [1.165, 1.54) is 19.2 Å². The lowest BCUT2D eigenvalue weighted by Crippen LogP contribution is -2.27. The number of rotatable bonds is 3. The molecule has 1 heterocycles. The van der Waals surface area contributed by atoms with E-state index in [2.05, 4.69) is 4.37 Å². The standard InChI is InChI=1S/C13H10ClFN2O3S/c1-6-10(13(19)20)12(21-16-6)17(2)11(18)7-3-4-8(14)9(15)5-7/h3-5H,1-2H3,(H,19,20). The minimum Gasteiger partial charge on any atom is -0.478 e. The molecule has 0 bridgehead atoms. The van der Waals surface area contributed by atoms with Gasteiger partial charge in [-0.05, 0) is 36.7 Å². The number of hydrogen-bond acceptors (Lipinski definition) is 4. The van der Waals surface area contributed by atoms with Crippen molar-refractivity contribution in [3.8, 4) is 0 Å². The Balaban J connectivity index is 2.40. The van der Waals surface area contributed by atoms with Gasteiger partial charge in [0.05, 0.1) is 10.7 Å². The average Bonchev–Trinajstić information content (AvgIpc) is 2.82. The molecule has 2 aromatic rings. The quantitative estimate of drug-likeness (QED) is 0.939. The molecule has 0 aliphatic carbocycles. The number of benzene rings is 1. The maximum Gasteiger partial charge on any atom is 0.340 e. The van der Waals surface area contributed by atoms with Gasteiger partial charge in [0.25, 0.3) is 5.91 Å². The molecule has 0 saturated carbocycles. The van der Waals surface area contributed by atoms with Crippen LogP contribution in [0.5, 0.6) is 0 Å². The minimum absolute atomic E-state index is 0.0368. The number of aromatic nitrogens is 1. The first-order valence-electron chi connectivity index (χ1n) is 5.75. The Labute approximate surface area is 128 Å². The molecule has 0 aliphatic rings. The van der Waals surface area contributed by atoms with Gasteiger partial charge in [-0.15, -0.1) is 0 Å². The predicted molar refractivity (Wildman–Crippen MR) is 78.0 cm³/mol. The highest BCUT2D eigenvalue weighted by molar-refractivity contribution is 7.11. The fourth-order valence-corrected chi connectivity index (χ4v) is 2.71. The van der Waals surface area contributed by atoms with Crippen LogP contribution in [0.4, 0.5) is 9.39 Å². The van der Waals surface area contributed by atoms with E-state index in [1.807, 2.05) is 0 Å². The molecule has 2 rings (SSSR count). The summed E-state index contributed by atoms with van der Waals surface area (Å²) in [5, 5.41) is 9.27. The zero-order valence-corrected chi connectivity index (χ0v) is 12.6. The molecule has 1 aromatic carbocycles. The number of carboxylic acid groups (broad SMARTS) is 1. The Morgan fingerprint density at radius 1 is 1.43 bits per heavy atom. The van der Waals surface area contributed by atoms with Gasteiger partial charge in [0.15, 0.2) is 0 Å². The number of aromatic carboxylic acids is 1. The highest BCUT2D eigenvalue weighted by Gasteiger charge is 2.25. The molecule has 0 radical (unpaired) electrons. The van der Waals surface area contributed by atoms with Crippen LogP contribution in [0.1, 0.15) is 26.4 Å². The number of halogens is 2. The summed E-state index contributed by atoms with van der Waals surface area (Å²) >= 11 is 6.46. The first-order valence-corrected chi connectivity index (χ1v) is 6.90. The van der Waals surface area contributed by atoms with Gasteiger partial charge < -0.3 is 10.0 Å². The molecular weight excluding hydrogens is 319 g/mol. The number of hydrogen-bond donors (Lipinski definition) is 1. The maximum atomic E-state index is 13.4. The normalized spacial score (nSPS) is 10.5. The Morgan fingerprint density at radius 3 is 2.67 bits per heavy atom. The maximum absolute atomic E-state index is 13.4. The van der Waals surface area contributed by atoms with E-state index < -0.39 is 17.7 Å². The van der Waals surface area contributed by atoms with Crippen LogP contribution in [0, 0.1) is 12.7 Å². The average molecular weight is 329 g/mol. The molecule has 0 unspecified atom stereocenters. The summed E-state index contributed by atoms with van der Waals surface area (Å²) in [5.41, 5.74) is 0.358. The molecular formula is C13H10ClFN2O3S. The van der Waals surface area contributed by atoms with Crippen molar-refractivity contribution in [2.24, 2.45) is 0 Å². The molecule has 21 heavy (non-hydrogen) atoms. The van der Waals surface area contributed by atoms with Crippen LogP contribution in [0.15, 0.2) is 18.2 Å². The summed E-state index contributed by atoms with van der Waals surface area (Å²) in [5.74, 6) is -2.43. The van der Waals surface area contributed by atoms with Gasteiger partial charge in [-0.25, -0.2) is 9.18 Å². The summed E-state index contributed by atoms with van der Waals surface area (Å²) < 4.78 is 17.3. The lowest BCUT2D eigenvalue weighted by atomic mass is 10.2. The summed E-state index contributed by atoms with van der Waals surface area (Å²) in [7, 11) is 1.41. The van der Waals surface area contributed by atoms with Crippen molar-refractivity contribution in [3.05, 3.63) is 45.9 Å². The van der Waals surface area contributed by atoms with E-state index in [4.69, 9.17) is 16.7 Å². The fraction of sp³-hybridized carbons (Fsp3) is 0.154. The van der Waals surface area contributed by atoms with E-state index in [0.29, 0.717) is 5.69 Å². The SMILES string of the molecule is Cc1nsc(N(C)C(=O)c2ccc(Cl)c(F)c2)c1C(=O)O. The van der Waals surface area contributed by atoms with Gasteiger partial charge in [-0.3, -0.25) is 4.79 Å². The van der Waals surface area contributed by atoms with Crippen molar-refractivity contribution >= 4 is 40.0 Å². The molecule has 1 N–H and O–H groups in total. The molecule has 0 aliphatic heterocycles. The zero-order chi connectivity index (χ0) is 15.7. The van der Waals surface area contributed by atoms with Crippen molar-refractivity contribution in [1.29, 1.82) is 0 Å². The van der Waals surface area contributed by atoms with E-state index in [9.17, 15) is 14.0 Å². The van der Waals surface area contributed by atoms with E-state index in [1.54, 1.807) is 6.92 Å². The summed E-state index contributed by atoms with van der Waals surface area (Å²) in [6, 6.07) is 3.65. The molecule has 0 atom stereocenters. The van der Waals surface area contributed by atoms with Crippen LogP contribution in [0.25, 0.3) is 0 Å². The van der Waals surface area contributed by atoms with Crippen molar-refractivity contribution in [2.75, 3.05) is 11.9 Å². The Kier molecular flexibility index (Phi) is 4.24. The van der Waals surface area contributed by atoms with Crippen molar-refractivity contribution in [2.45, 2.75) is 6.92 Å². The summed E-state index contributed by atoms with van der Waals surface area (Å²) in [6.45, 7) is 1.55. The lowest BCUT2D eigenvalue weighted by molar-refractivity contribution is 0.0697. The van der Waals surface area contributed by atoms with Gasteiger partial charge in [-0.1, -0.05) is 11.6 Å².